The van der Waals surface area contributed by atoms with Crippen LogP contribution >= 0.6 is 34.5 Å². The SMILES string of the molecule is Cc1cc2ncc(C(=O)N3CCC(c4nc(-c5cc(-c6ccc(Cl)c(Cl)c6)no5)cs4)CC3)c(C)n2n1. The van der Waals surface area contributed by atoms with Gasteiger partial charge in [-0.2, -0.15) is 5.10 Å². The Bertz CT molecular complexity index is 1630. The molecular formula is C26H22Cl2N6O2S. The predicted molar refractivity (Wildman–Crippen MR) is 143 cm³/mol. The van der Waals surface area contributed by atoms with Gasteiger partial charge in [-0.15, -0.1) is 11.3 Å². The van der Waals surface area contributed by atoms with Crippen LogP contribution in [0.3, 0.4) is 0 Å². The van der Waals surface area contributed by atoms with E-state index in [4.69, 9.17) is 32.7 Å². The van der Waals surface area contributed by atoms with Gasteiger partial charge in [0.1, 0.15) is 11.4 Å². The summed E-state index contributed by atoms with van der Waals surface area (Å²) in [6.07, 6.45) is 3.36. The maximum absolute atomic E-state index is 13.3. The lowest BCUT2D eigenvalue weighted by Crippen LogP contribution is -2.38. The summed E-state index contributed by atoms with van der Waals surface area (Å²) in [7, 11) is 0. The number of likely N-dealkylation sites (tertiary alicyclic amines) is 1. The number of benzene rings is 1. The third-order valence-corrected chi connectivity index (χ3v) is 8.45. The lowest BCUT2D eigenvalue weighted by atomic mass is 9.97. The number of nitrogens with zero attached hydrogens (tertiary/aromatic N) is 6. The van der Waals surface area contributed by atoms with Gasteiger partial charge in [0.2, 0.25) is 0 Å². The highest BCUT2D eigenvalue weighted by atomic mass is 35.5. The van der Waals surface area contributed by atoms with Gasteiger partial charge < -0.3 is 9.42 Å². The van der Waals surface area contributed by atoms with E-state index >= 15 is 0 Å². The fourth-order valence-electron chi connectivity index (χ4n) is 4.65. The Balaban J connectivity index is 1.13. The Labute approximate surface area is 226 Å². The van der Waals surface area contributed by atoms with Crippen molar-refractivity contribution < 1.29 is 9.32 Å². The lowest BCUT2D eigenvalue weighted by molar-refractivity contribution is 0.0711. The topological polar surface area (TPSA) is 89.4 Å². The summed E-state index contributed by atoms with van der Waals surface area (Å²) < 4.78 is 7.31. The average molecular weight is 553 g/mol. The minimum Gasteiger partial charge on any atom is -0.354 e. The molecule has 1 aliphatic heterocycles. The van der Waals surface area contributed by atoms with E-state index in [1.807, 2.05) is 42.3 Å². The van der Waals surface area contributed by atoms with Gasteiger partial charge in [-0.05, 0) is 38.8 Å². The van der Waals surface area contributed by atoms with Crippen LogP contribution in [0.4, 0.5) is 0 Å². The van der Waals surface area contributed by atoms with E-state index in [1.165, 1.54) is 0 Å². The van der Waals surface area contributed by atoms with Crippen LogP contribution in [0.15, 0.2) is 46.4 Å². The number of rotatable bonds is 4. The first-order valence-electron chi connectivity index (χ1n) is 11.9. The zero-order chi connectivity index (χ0) is 25.7. The molecule has 5 aromatic rings. The second-order valence-corrected chi connectivity index (χ2v) is 10.9. The molecular weight excluding hydrogens is 531 g/mol. The zero-order valence-electron chi connectivity index (χ0n) is 20.1. The van der Waals surface area contributed by atoms with Gasteiger partial charge in [0.05, 0.1) is 32.0 Å². The minimum atomic E-state index is -0.00479. The number of carbonyl (C=O) groups is 1. The molecule has 1 saturated heterocycles. The van der Waals surface area contributed by atoms with Crippen LogP contribution in [-0.4, -0.2) is 48.6 Å². The number of halogens is 2. The van der Waals surface area contributed by atoms with E-state index in [2.05, 4.69) is 15.2 Å². The van der Waals surface area contributed by atoms with Crippen LogP contribution < -0.4 is 0 Å². The summed E-state index contributed by atoms with van der Waals surface area (Å²) in [6, 6.07) is 9.11. The number of aromatic nitrogens is 5. The van der Waals surface area contributed by atoms with Gasteiger partial charge >= 0.3 is 0 Å². The first-order chi connectivity index (χ1) is 17.9. The Kier molecular flexibility index (Phi) is 6.22. The number of piperidine rings is 1. The lowest BCUT2D eigenvalue weighted by Gasteiger charge is -2.31. The summed E-state index contributed by atoms with van der Waals surface area (Å²) in [5, 5.41) is 12.6. The standard InChI is InChI=1S/C26H22Cl2N6O2S/c1-14-9-24-29-12-18(15(2)34(24)31-14)26(35)33-7-5-16(6-8-33)25-30-22(13-37-25)23-11-21(32-36-23)17-3-4-19(27)20(28)10-17/h3-4,9-13,16H,5-8H2,1-2H3. The quantitative estimate of drug-likeness (QED) is 0.254. The minimum absolute atomic E-state index is 0.00479. The molecule has 6 rings (SSSR count). The second-order valence-electron chi connectivity index (χ2n) is 9.16. The van der Waals surface area contributed by atoms with Crippen molar-refractivity contribution in [1.82, 2.24) is 29.6 Å². The van der Waals surface area contributed by atoms with Crippen molar-refractivity contribution in [3.05, 3.63) is 73.9 Å². The first-order valence-corrected chi connectivity index (χ1v) is 13.5. The van der Waals surface area contributed by atoms with Crippen molar-refractivity contribution in [2.45, 2.75) is 32.6 Å². The summed E-state index contributed by atoms with van der Waals surface area (Å²) in [4.78, 5) is 24.4. The van der Waals surface area contributed by atoms with Gasteiger partial charge in [0.15, 0.2) is 11.4 Å². The van der Waals surface area contributed by atoms with Crippen molar-refractivity contribution >= 4 is 46.1 Å². The molecule has 1 fully saturated rings. The van der Waals surface area contributed by atoms with Gasteiger partial charge in [-0.25, -0.2) is 14.5 Å². The van der Waals surface area contributed by atoms with Crippen molar-refractivity contribution in [2.24, 2.45) is 0 Å². The van der Waals surface area contributed by atoms with Crippen molar-refractivity contribution in [3.8, 4) is 22.7 Å². The van der Waals surface area contributed by atoms with E-state index in [-0.39, 0.29) is 11.8 Å². The molecule has 0 spiro atoms. The van der Waals surface area contributed by atoms with Gasteiger partial charge in [0, 0.05) is 48.3 Å². The predicted octanol–water partition coefficient (Wildman–Crippen LogP) is 6.45. The highest BCUT2D eigenvalue weighted by molar-refractivity contribution is 7.10. The largest absolute Gasteiger partial charge is 0.354 e. The number of fused-ring (bicyclic) bond motifs is 1. The number of amides is 1. The molecule has 37 heavy (non-hydrogen) atoms. The van der Waals surface area contributed by atoms with Gasteiger partial charge in [-0.3, -0.25) is 4.79 Å². The molecule has 1 aromatic carbocycles. The summed E-state index contributed by atoms with van der Waals surface area (Å²) >= 11 is 13.8. The molecule has 0 N–H and O–H groups in total. The first kappa shape index (κ1) is 24.1. The Hall–Kier alpha value is -3.27. The third kappa shape index (κ3) is 4.52. The van der Waals surface area contributed by atoms with Crippen LogP contribution in [-0.2, 0) is 0 Å². The third-order valence-electron chi connectivity index (χ3n) is 6.71. The zero-order valence-corrected chi connectivity index (χ0v) is 22.4. The normalized spacial score (nSPS) is 14.5. The van der Waals surface area contributed by atoms with Crippen LogP contribution in [0, 0.1) is 13.8 Å². The molecule has 11 heteroatoms. The van der Waals surface area contributed by atoms with Crippen molar-refractivity contribution in [1.29, 1.82) is 0 Å². The van der Waals surface area contributed by atoms with Crippen LogP contribution in [0.1, 0.15) is 45.5 Å². The summed E-state index contributed by atoms with van der Waals surface area (Å²) in [6.45, 7) is 5.16. The second kappa shape index (κ2) is 9.55. The number of carbonyl (C=O) groups excluding carboxylic acids is 1. The molecule has 0 radical (unpaired) electrons. The number of hydrogen-bond donors (Lipinski definition) is 0. The Morgan fingerprint density at radius 2 is 1.89 bits per heavy atom. The molecule has 0 saturated carbocycles. The maximum atomic E-state index is 13.3. The molecule has 1 aliphatic rings. The van der Waals surface area contributed by atoms with E-state index in [9.17, 15) is 4.79 Å². The molecule has 8 nitrogen and oxygen atoms in total. The van der Waals surface area contributed by atoms with Crippen LogP contribution in [0.5, 0.6) is 0 Å². The summed E-state index contributed by atoms with van der Waals surface area (Å²) in [5.74, 6) is 0.883. The van der Waals surface area contributed by atoms with Gasteiger partial charge in [-0.1, -0.05) is 34.4 Å². The molecule has 5 heterocycles. The van der Waals surface area contributed by atoms with Crippen molar-refractivity contribution in [2.75, 3.05) is 13.1 Å². The monoisotopic (exact) mass is 552 g/mol. The van der Waals surface area contributed by atoms with E-state index < -0.39 is 0 Å². The average Bonchev–Trinajstić information content (AvgIpc) is 3.65. The molecule has 0 bridgehead atoms. The van der Waals surface area contributed by atoms with E-state index in [1.54, 1.807) is 34.2 Å². The number of hydrogen-bond acceptors (Lipinski definition) is 7. The number of aryl methyl sites for hydroxylation is 2. The maximum Gasteiger partial charge on any atom is 0.257 e. The van der Waals surface area contributed by atoms with Crippen LogP contribution in [0.25, 0.3) is 28.4 Å². The van der Waals surface area contributed by atoms with Crippen LogP contribution in [0.2, 0.25) is 10.0 Å². The molecule has 1 amide bonds. The molecule has 4 aromatic heterocycles. The molecule has 188 valence electrons. The van der Waals surface area contributed by atoms with E-state index in [0.717, 1.165) is 46.1 Å². The fourth-order valence-corrected chi connectivity index (χ4v) is 5.93. The fraction of sp³-hybridized carbons (Fsp3) is 0.269. The Morgan fingerprint density at radius 3 is 2.68 bits per heavy atom. The summed E-state index contributed by atoms with van der Waals surface area (Å²) in [5.41, 5.74) is 5.27. The highest BCUT2D eigenvalue weighted by Gasteiger charge is 2.28. The molecule has 0 atom stereocenters. The van der Waals surface area contributed by atoms with E-state index in [0.29, 0.717) is 40.2 Å². The molecule has 0 aliphatic carbocycles. The smallest absolute Gasteiger partial charge is 0.257 e. The van der Waals surface area contributed by atoms with Crippen molar-refractivity contribution in [3.63, 3.8) is 0 Å². The molecule has 0 unspecified atom stereocenters. The van der Waals surface area contributed by atoms with Gasteiger partial charge in [0.25, 0.3) is 5.91 Å². The Morgan fingerprint density at radius 1 is 1.08 bits per heavy atom. The number of thiazole rings is 1. The highest BCUT2D eigenvalue weighted by Crippen LogP contribution is 2.35.